The van der Waals surface area contributed by atoms with Gasteiger partial charge >= 0.3 is 6.18 Å². The maximum Gasteiger partial charge on any atom is 0.416 e. The van der Waals surface area contributed by atoms with Crippen LogP contribution in [0.15, 0.2) is 30.5 Å². The molecule has 1 heterocycles. The van der Waals surface area contributed by atoms with Gasteiger partial charge in [0.2, 0.25) is 0 Å². The molecule has 0 bridgehead atoms. The van der Waals surface area contributed by atoms with Gasteiger partial charge in [0.15, 0.2) is 0 Å². The number of anilines is 1. The van der Waals surface area contributed by atoms with E-state index in [2.05, 4.69) is 20.8 Å². The smallest absolute Gasteiger partial charge is 0.350 e. The van der Waals surface area contributed by atoms with Crippen molar-refractivity contribution in [3.63, 3.8) is 0 Å². The number of aromatic amines is 1. The van der Waals surface area contributed by atoms with E-state index < -0.39 is 23.6 Å². The van der Waals surface area contributed by atoms with E-state index in [1.54, 1.807) is 0 Å². The number of carbonyl (C=O) groups excluding carboxylic acids is 2. The lowest BCUT2D eigenvalue weighted by molar-refractivity contribution is -0.137. The number of hydrogen-bond acceptors (Lipinski definition) is 4. The third-order valence-corrected chi connectivity index (χ3v) is 3.11. The van der Waals surface area contributed by atoms with Crippen LogP contribution in [-0.2, 0) is 6.18 Å². The third kappa shape index (κ3) is 4.57. The van der Waals surface area contributed by atoms with Crippen LogP contribution < -0.4 is 10.6 Å². The fraction of sp³-hybridized carbons (Fsp3) is 0.200. The monoisotopic (exact) mass is 351 g/mol. The molecular weight excluding hydrogens is 339 g/mol. The van der Waals surface area contributed by atoms with E-state index in [-0.39, 0.29) is 29.9 Å². The van der Waals surface area contributed by atoms with Crippen LogP contribution in [0.25, 0.3) is 0 Å². The summed E-state index contributed by atoms with van der Waals surface area (Å²) in [6, 6.07) is 5.51. The molecule has 0 saturated carbocycles. The van der Waals surface area contributed by atoms with Gasteiger partial charge in [0, 0.05) is 12.1 Å². The second kappa shape index (κ2) is 7.48. The van der Waals surface area contributed by atoms with Crippen molar-refractivity contribution >= 4 is 17.5 Å². The third-order valence-electron chi connectivity index (χ3n) is 3.11. The van der Waals surface area contributed by atoms with Gasteiger partial charge < -0.3 is 10.6 Å². The van der Waals surface area contributed by atoms with Crippen LogP contribution in [0, 0.1) is 11.3 Å². The molecule has 0 fully saturated rings. The van der Waals surface area contributed by atoms with Gasteiger partial charge in [-0.1, -0.05) is 0 Å². The van der Waals surface area contributed by atoms with Crippen LogP contribution in [0.5, 0.6) is 0 Å². The fourth-order valence-electron chi connectivity index (χ4n) is 1.88. The number of halogens is 3. The lowest BCUT2D eigenvalue weighted by atomic mass is 10.1. The van der Waals surface area contributed by atoms with Gasteiger partial charge in [-0.2, -0.15) is 23.5 Å². The van der Waals surface area contributed by atoms with Gasteiger partial charge in [-0.3, -0.25) is 14.7 Å². The Balaban J connectivity index is 2.08. The standard InChI is InChI=1S/C15H12F3N5O2/c16-15(17,18)10-4-2-9(3-5-10)13(24)22-11-8-21-23-12(11)14(25)20-7-1-6-19/h2-5,8H,1,7H2,(H,20,25)(H,21,23)(H,22,24). The van der Waals surface area contributed by atoms with Crippen LogP contribution in [0.2, 0.25) is 0 Å². The maximum absolute atomic E-state index is 12.5. The molecule has 130 valence electrons. The van der Waals surface area contributed by atoms with Gasteiger partial charge in [0.05, 0.1) is 29.9 Å². The van der Waals surface area contributed by atoms with Crippen LogP contribution in [0.1, 0.15) is 32.8 Å². The Bertz CT molecular complexity index is 806. The first-order valence-corrected chi connectivity index (χ1v) is 7.00. The zero-order valence-corrected chi connectivity index (χ0v) is 12.6. The van der Waals surface area contributed by atoms with Gasteiger partial charge in [0.25, 0.3) is 11.8 Å². The molecule has 0 spiro atoms. The highest BCUT2D eigenvalue weighted by Crippen LogP contribution is 2.29. The van der Waals surface area contributed by atoms with Crippen molar-refractivity contribution in [3.8, 4) is 6.07 Å². The average molecular weight is 351 g/mol. The molecule has 25 heavy (non-hydrogen) atoms. The number of nitrogens with zero attached hydrogens (tertiary/aromatic N) is 2. The van der Waals surface area contributed by atoms with E-state index in [0.717, 1.165) is 24.3 Å². The number of benzene rings is 1. The first-order valence-electron chi connectivity index (χ1n) is 7.00. The van der Waals surface area contributed by atoms with Crippen molar-refractivity contribution in [3.05, 3.63) is 47.3 Å². The van der Waals surface area contributed by atoms with Crippen molar-refractivity contribution in [1.29, 1.82) is 5.26 Å². The zero-order chi connectivity index (χ0) is 18.4. The van der Waals surface area contributed by atoms with Gasteiger partial charge in [-0.05, 0) is 24.3 Å². The molecule has 2 amide bonds. The molecule has 0 radical (unpaired) electrons. The topological polar surface area (TPSA) is 111 Å². The predicted molar refractivity (Wildman–Crippen MR) is 80.5 cm³/mol. The minimum Gasteiger partial charge on any atom is -0.350 e. The first-order chi connectivity index (χ1) is 11.8. The van der Waals surface area contributed by atoms with E-state index >= 15 is 0 Å². The van der Waals surface area contributed by atoms with E-state index in [1.165, 1.54) is 6.20 Å². The van der Waals surface area contributed by atoms with Crippen molar-refractivity contribution in [2.24, 2.45) is 0 Å². The highest BCUT2D eigenvalue weighted by molar-refractivity contribution is 6.08. The summed E-state index contributed by atoms with van der Waals surface area (Å²) in [6.07, 6.45) is -3.18. The van der Waals surface area contributed by atoms with Crippen molar-refractivity contribution in [2.75, 3.05) is 11.9 Å². The predicted octanol–water partition coefficient (Wildman–Crippen LogP) is 2.32. The second-order valence-electron chi connectivity index (χ2n) is 4.85. The number of amides is 2. The van der Waals surface area contributed by atoms with Gasteiger partial charge in [-0.15, -0.1) is 0 Å². The Morgan fingerprint density at radius 1 is 1.20 bits per heavy atom. The van der Waals surface area contributed by atoms with Crippen LogP contribution >= 0.6 is 0 Å². The van der Waals surface area contributed by atoms with E-state index in [9.17, 15) is 22.8 Å². The molecule has 0 aliphatic carbocycles. The molecule has 0 aliphatic rings. The summed E-state index contributed by atoms with van der Waals surface area (Å²) in [4.78, 5) is 24.0. The Hall–Kier alpha value is -3.35. The highest BCUT2D eigenvalue weighted by Gasteiger charge is 2.30. The molecule has 0 unspecified atom stereocenters. The van der Waals surface area contributed by atoms with Crippen LogP contribution in [0.3, 0.4) is 0 Å². The van der Waals surface area contributed by atoms with Gasteiger partial charge in [-0.25, -0.2) is 0 Å². The molecule has 0 aliphatic heterocycles. The number of H-pyrrole nitrogens is 1. The van der Waals surface area contributed by atoms with Crippen LogP contribution in [-0.4, -0.2) is 28.6 Å². The summed E-state index contributed by atoms with van der Waals surface area (Å²) < 4.78 is 37.6. The molecule has 7 nitrogen and oxygen atoms in total. The molecule has 0 atom stereocenters. The number of hydrogen-bond donors (Lipinski definition) is 3. The summed E-state index contributed by atoms with van der Waals surface area (Å²) in [6.45, 7) is 0.126. The lowest BCUT2D eigenvalue weighted by Crippen LogP contribution is -2.26. The van der Waals surface area contributed by atoms with Crippen molar-refractivity contribution < 1.29 is 22.8 Å². The number of nitriles is 1. The minimum absolute atomic E-state index is 0.00922. The lowest BCUT2D eigenvalue weighted by Gasteiger charge is -2.08. The largest absolute Gasteiger partial charge is 0.416 e. The Kier molecular flexibility index (Phi) is 5.38. The SMILES string of the molecule is N#CCCNC(=O)c1[nH]ncc1NC(=O)c1ccc(C(F)(F)F)cc1. The molecule has 2 rings (SSSR count). The number of carbonyl (C=O) groups is 2. The summed E-state index contributed by atoms with van der Waals surface area (Å²) >= 11 is 0. The Morgan fingerprint density at radius 2 is 1.88 bits per heavy atom. The van der Waals surface area contributed by atoms with E-state index in [4.69, 9.17) is 5.26 Å². The number of alkyl halides is 3. The van der Waals surface area contributed by atoms with Crippen molar-refractivity contribution in [1.82, 2.24) is 15.5 Å². The Labute approximate surface area is 139 Å². The quantitative estimate of drug-likeness (QED) is 0.718. The fourth-order valence-corrected chi connectivity index (χ4v) is 1.88. The maximum atomic E-state index is 12.5. The van der Waals surface area contributed by atoms with E-state index in [0.29, 0.717) is 0 Å². The summed E-state index contributed by atoms with van der Waals surface area (Å²) in [5.74, 6) is -1.27. The summed E-state index contributed by atoms with van der Waals surface area (Å²) in [5, 5.41) is 19.3. The Morgan fingerprint density at radius 3 is 2.48 bits per heavy atom. The van der Waals surface area contributed by atoms with Crippen molar-refractivity contribution in [2.45, 2.75) is 12.6 Å². The molecule has 3 N–H and O–H groups in total. The zero-order valence-electron chi connectivity index (χ0n) is 12.6. The second-order valence-corrected chi connectivity index (χ2v) is 4.85. The molecule has 1 aromatic heterocycles. The average Bonchev–Trinajstić information content (AvgIpc) is 3.02. The number of nitrogens with one attached hydrogen (secondary N) is 3. The van der Waals surface area contributed by atoms with Gasteiger partial charge in [0.1, 0.15) is 5.69 Å². The molecule has 1 aromatic carbocycles. The van der Waals surface area contributed by atoms with Crippen LogP contribution in [0.4, 0.5) is 18.9 Å². The van der Waals surface area contributed by atoms with E-state index in [1.807, 2.05) is 6.07 Å². The first kappa shape index (κ1) is 18.0. The number of aromatic nitrogens is 2. The molecule has 0 saturated heterocycles. The summed E-state index contributed by atoms with van der Waals surface area (Å²) in [7, 11) is 0. The molecule has 2 aromatic rings. The highest BCUT2D eigenvalue weighted by atomic mass is 19.4. The molecule has 10 heteroatoms. The normalized spacial score (nSPS) is 10.8. The minimum atomic E-state index is -4.49. The number of rotatable bonds is 5. The molecular formula is C15H12F3N5O2. The summed E-state index contributed by atoms with van der Waals surface area (Å²) in [5.41, 5.74) is -0.840.